The number of fused-ring (bicyclic) bond motifs is 1. The third-order valence-electron chi connectivity index (χ3n) is 4.57. The maximum absolute atomic E-state index is 12.4. The number of ketones is 1. The Labute approximate surface area is 168 Å². The highest BCUT2D eigenvalue weighted by atomic mass is 32.2. The zero-order valence-corrected chi connectivity index (χ0v) is 17.0. The van der Waals surface area contributed by atoms with Crippen LogP contribution in [0.1, 0.15) is 23.2 Å². The Bertz CT molecular complexity index is 1040. The average Bonchev–Trinajstić information content (AvgIpc) is 3.21. The molecule has 0 amide bonds. The van der Waals surface area contributed by atoms with Crippen LogP contribution in [0.4, 0.5) is 0 Å². The topological polar surface area (TPSA) is 74.3 Å². The monoisotopic (exact) mass is 414 g/mol. The van der Waals surface area contributed by atoms with E-state index in [4.69, 9.17) is 0 Å². The summed E-state index contributed by atoms with van der Waals surface area (Å²) in [5, 5.41) is 2.27. The van der Waals surface area contributed by atoms with E-state index in [2.05, 4.69) is 18.2 Å². The van der Waals surface area contributed by atoms with E-state index in [1.54, 1.807) is 6.07 Å². The van der Waals surface area contributed by atoms with Gasteiger partial charge in [0.1, 0.15) is 21.6 Å². The second-order valence-corrected chi connectivity index (χ2v) is 10.3. The van der Waals surface area contributed by atoms with E-state index < -0.39 is 10.1 Å². The van der Waals surface area contributed by atoms with E-state index in [9.17, 15) is 17.8 Å². The molecule has 0 saturated carbocycles. The molecule has 1 aliphatic heterocycles. The van der Waals surface area contributed by atoms with Crippen molar-refractivity contribution in [2.75, 3.05) is 17.3 Å². The van der Waals surface area contributed by atoms with Crippen LogP contribution >= 0.6 is 0 Å². The van der Waals surface area contributed by atoms with E-state index in [0.29, 0.717) is 16.7 Å². The summed E-state index contributed by atoms with van der Waals surface area (Å²) in [6.45, 7) is 0. The van der Waals surface area contributed by atoms with Gasteiger partial charge >= 0.3 is 0 Å². The minimum absolute atomic E-state index is 0.185. The fourth-order valence-corrected chi connectivity index (χ4v) is 5.91. The summed E-state index contributed by atoms with van der Waals surface area (Å²) in [7, 11) is -3.90. The molecule has 28 heavy (non-hydrogen) atoms. The molecule has 1 fully saturated rings. The predicted molar refractivity (Wildman–Crippen MR) is 114 cm³/mol. The number of hydrogen-bond donors (Lipinski definition) is 0. The Morgan fingerprint density at radius 1 is 0.857 bits per heavy atom. The van der Waals surface area contributed by atoms with Crippen molar-refractivity contribution >= 4 is 37.6 Å². The van der Waals surface area contributed by atoms with Crippen molar-refractivity contribution in [1.82, 2.24) is 0 Å². The number of carbonyl (C=O) groups is 1. The van der Waals surface area contributed by atoms with Gasteiger partial charge in [-0.1, -0.05) is 60.7 Å². The van der Waals surface area contributed by atoms with Crippen molar-refractivity contribution in [3.63, 3.8) is 0 Å². The molecule has 1 heterocycles. The molecule has 1 aliphatic rings. The number of benzene rings is 3. The normalized spacial score (nSPS) is 14.5. The van der Waals surface area contributed by atoms with Gasteiger partial charge in [0.15, 0.2) is 5.75 Å². The van der Waals surface area contributed by atoms with Crippen molar-refractivity contribution < 1.29 is 17.8 Å². The first-order chi connectivity index (χ1) is 13.4. The lowest BCUT2D eigenvalue weighted by Gasteiger charge is -2.05. The highest BCUT2D eigenvalue weighted by molar-refractivity contribution is 7.97. The molecule has 0 aliphatic carbocycles. The van der Waals surface area contributed by atoms with E-state index >= 15 is 0 Å². The number of carbonyl (C=O) groups excluding carboxylic acids is 1. The second kappa shape index (κ2) is 9.37. The summed E-state index contributed by atoms with van der Waals surface area (Å²) < 4.78 is 30.8. The number of Topliss-reactive ketones (excluding diaryl/α,β-unsaturated/α-hetero) is 1. The Kier molecular flexibility index (Phi) is 6.88. The molecule has 0 aromatic heterocycles. The van der Waals surface area contributed by atoms with Gasteiger partial charge < -0.3 is 4.55 Å². The van der Waals surface area contributed by atoms with E-state index in [1.807, 2.05) is 24.3 Å². The largest absolute Gasteiger partial charge is 0.744 e. The van der Waals surface area contributed by atoms with Crippen LogP contribution in [-0.2, 0) is 21.0 Å². The van der Waals surface area contributed by atoms with E-state index in [1.165, 1.54) is 48.6 Å². The van der Waals surface area contributed by atoms with Crippen molar-refractivity contribution in [2.45, 2.75) is 17.7 Å². The zero-order valence-electron chi connectivity index (χ0n) is 15.4. The van der Waals surface area contributed by atoms with Crippen LogP contribution in [0.25, 0.3) is 10.8 Å². The van der Waals surface area contributed by atoms with Crippen LogP contribution < -0.4 is 0 Å². The van der Waals surface area contributed by atoms with Crippen LogP contribution in [-0.4, -0.2) is 36.0 Å². The summed E-state index contributed by atoms with van der Waals surface area (Å²) in [4.78, 5) is 12.2. The molecular weight excluding hydrogens is 392 g/mol. The summed E-state index contributed by atoms with van der Waals surface area (Å²) in [5.74, 6) is 3.61. The van der Waals surface area contributed by atoms with Gasteiger partial charge in [0.25, 0.3) is 0 Å². The maximum Gasteiger partial charge on any atom is 0.212 e. The minimum atomic E-state index is -4.25. The van der Waals surface area contributed by atoms with Crippen LogP contribution in [0.5, 0.6) is 0 Å². The molecule has 4 rings (SSSR count). The van der Waals surface area contributed by atoms with Gasteiger partial charge in [0, 0.05) is 5.56 Å². The molecule has 0 N–H and O–H groups in total. The second-order valence-electron chi connectivity index (χ2n) is 6.59. The lowest BCUT2D eigenvalue weighted by Crippen LogP contribution is -2.18. The van der Waals surface area contributed by atoms with Gasteiger partial charge in [0.05, 0.1) is 4.90 Å². The minimum Gasteiger partial charge on any atom is -0.744 e. The van der Waals surface area contributed by atoms with E-state index in [-0.39, 0.29) is 4.90 Å². The smallest absolute Gasteiger partial charge is 0.212 e. The van der Waals surface area contributed by atoms with Gasteiger partial charge in [-0.05, 0) is 46.6 Å². The SMILES string of the molecule is O=C(C[S+]1CCCC1)c1cccc2ccccc12.O=S(=O)([O-])c1ccccc1. The molecule has 6 heteroatoms. The molecule has 0 radical (unpaired) electrons. The van der Waals surface area contributed by atoms with Crippen LogP contribution in [0.15, 0.2) is 77.7 Å². The Morgan fingerprint density at radius 2 is 1.46 bits per heavy atom. The lowest BCUT2D eigenvalue weighted by molar-refractivity contribution is 0.102. The Hall–Kier alpha value is -2.15. The summed E-state index contributed by atoms with van der Waals surface area (Å²) in [6, 6.07) is 21.4. The fraction of sp³-hybridized carbons (Fsp3) is 0.227. The third kappa shape index (κ3) is 5.44. The molecule has 0 spiro atoms. The van der Waals surface area contributed by atoms with Crippen LogP contribution in [0.2, 0.25) is 0 Å². The van der Waals surface area contributed by atoms with Gasteiger partial charge in [-0.3, -0.25) is 4.79 Å². The third-order valence-corrected chi connectivity index (χ3v) is 7.83. The first-order valence-corrected chi connectivity index (χ1v) is 12.3. The maximum atomic E-state index is 12.4. The summed E-state index contributed by atoms with van der Waals surface area (Å²) in [6.07, 6.45) is 2.62. The summed E-state index contributed by atoms with van der Waals surface area (Å²) >= 11 is 0. The van der Waals surface area contributed by atoms with Crippen molar-refractivity contribution in [1.29, 1.82) is 0 Å². The van der Waals surface area contributed by atoms with E-state index in [0.717, 1.165) is 22.1 Å². The first-order valence-electron chi connectivity index (χ1n) is 9.11. The highest BCUT2D eigenvalue weighted by Gasteiger charge is 2.27. The van der Waals surface area contributed by atoms with Gasteiger partial charge in [-0.15, -0.1) is 0 Å². The van der Waals surface area contributed by atoms with Crippen molar-refractivity contribution in [3.8, 4) is 0 Å². The molecule has 3 aromatic carbocycles. The van der Waals surface area contributed by atoms with Crippen LogP contribution in [0, 0.1) is 0 Å². The molecule has 4 nitrogen and oxygen atoms in total. The first kappa shape index (κ1) is 20.6. The zero-order chi connectivity index (χ0) is 20.0. The van der Waals surface area contributed by atoms with Crippen LogP contribution in [0.3, 0.4) is 0 Å². The lowest BCUT2D eigenvalue weighted by atomic mass is 10.0. The fourth-order valence-electron chi connectivity index (χ4n) is 3.18. The standard InChI is InChI=1S/C16H17OS.C6H6O3S/c17-16(12-18-10-3-4-11-18)15-9-5-7-13-6-1-2-8-14(13)15;7-10(8,9)6-4-2-1-3-5-6/h1-2,5-9H,3-4,10-12H2;1-5H,(H,7,8,9)/q+1;/p-1. The molecule has 146 valence electrons. The average molecular weight is 415 g/mol. The number of rotatable bonds is 4. The predicted octanol–water partition coefficient (Wildman–Crippen LogP) is 4.03. The summed E-state index contributed by atoms with van der Waals surface area (Å²) in [5.41, 5.74) is 0.910. The quantitative estimate of drug-likeness (QED) is 0.367. The molecule has 0 atom stereocenters. The molecule has 3 aromatic rings. The van der Waals surface area contributed by atoms with Gasteiger partial charge in [-0.25, -0.2) is 8.42 Å². The number of hydrogen-bond acceptors (Lipinski definition) is 4. The molecule has 1 saturated heterocycles. The van der Waals surface area contributed by atoms with Crippen molar-refractivity contribution in [2.24, 2.45) is 0 Å². The highest BCUT2D eigenvalue weighted by Crippen LogP contribution is 2.21. The molecular formula is C22H22O4S2. The molecule has 0 unspecified atom stereocenters. The Balaban J connectivity index is 0.000000192. The Morgan fingerprint density at radius 3 is 2.11 bits per heavy atom. The van der Waals surface area contributed by atoms with Gasteiger partial charge in [0.2, 0.25) is 5.78 Å². The van der Waals surface area contributed by atoms with Crippen molar-refractivity contribution in [3.05, 3.63) is 78.4 Å². The van der Waals surface area contributed by atoms with Gasteiger partial charge in [-0.2, -0.15) is 0 Å². The molecule has 0 bridgehead atoms.